The van der Waals surface area contributed by atoms with Gasteiger partial charge in [-0.15, -0.1) is 0 Å². The SMILES string of the molecule is CC(C)C(=O)O[C@H]1CC/C=C\CC[C@H]1OC(=O)C(Cl)Cl. The van der Waals surface area contributed by atoms with E-state index in [1.54, 1.807) is 13.8 Å². The van der Waals surface area contributed by atoms with Gasteiger partial charge in [-0.05, 0) is 25.7 Å². The first-order valence-corrected chi connectivity index (χ1v) is 7.63. The second kappa shape index (κ2) is 8.53. The Kier molecular flexibility index (Phi) is 7.38. The molecule has 0 unspecified atom stereocenters. The van der Waals surface area contributed by atoms with E-state index in [2.05, 4.69) is 0 Å². The van der Waals surface area contributed by atoms with Crippen LogP contribution in [0.25, 0.3) is 0 Å². The molecule has 0 fully saturated rings. The minimum Gasteiger partial charge on any atom is -0.458 e. The molecule has 6 heteroatoms. The fraction of sp³-hybridized carbons (Fsp3) is 0.714. The Morgan fingerprint density at radius 1 is 1.00 bits per heavy atom. The average molecular weight is 323 g/mol. The molecule has 0 aliphatic heterocycles. The molecule has 1 rings (SSSR count). The fourth-order valence-electron chi connectivity index (χ4n) is 1.88. The van der Waals surface area contributed by atoms with E-state index in [0.717, 1.165) is 12.8 Å². The minimum atomic E-state index is -1.22. The summed E-state index contributed by atoms with van der Waals surface area (Å²) < 4.78 is 10.7. The normalized spacial score (nSPS) is 24.9. The first-order valence-electron chi connectivity index (χ1n) is 6.76. The van der Waals surface area contributed by atoms with Crippen molar-refractivity contribution in [2.45, 2.75) is 56.6 Å². The Morgan fingerprint density at radius 2 is 1.45 bits per heavy atom. The maximum Gasteiger partial charge on any atom is 0.339 e. The van der Waals surface area contributed by atoms with Gasteiger partial charge in [0.25, 0.3) is 0 Å². The number of ether oxygens (including phenoxy) is 2. The zero-order chi connectivity index (χ0) is 15.1. The minimum absolute atomic E-state index is 0.221. The molecule has 114 valence electrons. The summed E-state index contributed by atoms with van der Waals surface area (Å²) in [5.41, 5.74) is 0. The second-order valence-electron chi connectivity index (χ2n) is 5.03. The number of hydrogen-bond acceptors (Lipinski definition) is 4. The van der Waals surface area contributed by atoms with Gasteiger partial charge >= 0.3 is 11.9 Å². The van der Waals surface area contributed by atoms with Crippen molar-refractivity contribution in [3.8, 4) is 0 Å². The van der Waals surface area contributed by atoms with Gasteiger partial charge in [-0.25, -0.2) is 4.79 Å². The Bertz CT molecular complexity index is 332. The number of carbonyl (C=O) groups is 2. The molecule has 0 saturated carbocycles. The molecule has 0 heterocycles. The standard InChI is InChI=1S/C14H20Cl2O4/c1-9(2)13(17)19-10-7-5-3-4-6-8-11(10)20-14(18)12(15)16/h3-4,9-12H,5-8H2,1-2H3/b4-3-/t10-,11+/m0/s1. The van der Waals surface area contributed by atoms with Crippen LogP contribution in [0.4, 0.5) is 0 Å². The van der Waals surface area contributed by atoms with E-state index < -0.39 is 23.0 Å². The highest BCUT2D eigenvalue weighted by Crippen LogP contribution is 2.22. The highest BCUT2D eigenvalue weighted by Gasteiger charge is 2.30. The summed E-state index contributed by atoms with van der Waals surface area (Å²) in [6.45, 7) is 3.53. The molecule has 0 N–H and O–H groups in total. The summed E-state index contributed by atoms with van der Waals surface area (Å²) >= 11 is 11.0. The van der Waals surface area contributed by atoms with Gasteiger partial charge in [0.05, 0.1) is 5.92 Å². The topological polar surface area (TPSA) is 52.6 Å². The summed E-state index contributed by atoms with van der Waals surface area (Å²) in [6.07, 6.45) is 5.83. The lowest BCUT2D eigenvalue weighted by atomic mass is 10.00. The van der Waals surface area contributed by atoms with Gasteiger partial charge < -0.3 is 9.47 Å². The monoisotopic (exact) mass is 322 g/mol. The van der Waals surface area contributed by atoms with E-state index in [-0.39, 0.29) is 11.9 Å². The van der Waals surface area contributed by atoms with Gasteiger partial charge in [-0.2, -0.15) is 0 Å². The molecule has 2 atom stereocenters. The highest BCUT2D eigenvalue weighted by atomic mass is 35.5. The third kappa shape index (κ3) is 5.71. The van der Waals surface area contributed by atoms with Crippen LogP contribution in [0, 0.1) is 5.92 Å². The molecule has 20 heavy (non-hydrogen) atoms. The van der Waals surface area contributed by atoms with Gasteiger partial charge in [0.15, 0.2) is 0 Å². The summed E-state index contributed by atoms with van der Waals surface area (Å²) in [5.74, 6) is -1.22. The largest absolute Gasteiger partial charge is 0.458 e. The zero-order valence-corrected chi connectivity index (χ0v) is 13.2. The van der Waals surface area contributed by atoms with Gasteiger partial charge in [0, 0.05) is 0 Å². The highest BCUT2D eigenvalue weighted by molar-refractivity contribution is 6.52. The molecule has 0 spiro atoms. The number of rotatable bonds is 4. The van der Waals surface area contributed by atoms with Gasteiger partial charge in [0.2, 0.25) is 4.84 Å². The van der Waals surface area contributed by atoms with Gasteiger partial charge in [-0.1, -0.05) is 49.2 Å². The van der Waals surface area contributed by atoms with Gasteiger partial charge in [0.1, 0.15) is 12.2 Å². The van der Waals surface area contributed by atoms with Crippen molar-refractivity contribution in [3.05, 3.63) is 12.2 Å². The van der Waals surface area contributed by atoms with Crippen molar-refractivity contribution in [2.75, 3.05) is 0 Å². The van der Waals surface area contributed by atoms with Gasteiger partial charge in [-0.3, -0.25) is 4.79 Å². The average Bonchev–Trinajstić information content (AvgIpc) is 2.36. The van der Waals surface area contributed by atoms with Crippen LogP contribution in [-0.2, 0) is 19.1 Å². The Labute approximate surface area is 129 Å². The van der Waals surface area contributed by atoms with E-state index in [1.807, 2.05) is 12.2 Å². The number of alkyl halides is 2. The van der Waals surface area contributed by atoms with E-state index >= 15 is 0 Å². The molecule has 0 saturated heterocycles. The van der Waals surface area contributed by atoms with Crippen LogP contribution in [0.1, 0.15) is 39.5 Å². The van der Waals surface area contributed by atoms with E-state index in [0.29, 0.717) is 12.8 Å². The number of allylic oxidation sites excluding steroid dienone is 2. The summed E-state index contributed by atoms with van der Waals surface area (Å²) in [6, 6.07) is 0. The maximum atomic E-state index is 11.7. The molecule has 1 aliphatic carbocycles. The van der Waals surface area contributed by atoms with Crippen LogP contribution in [-0.4, -0.2) is 29.0 Å². The van der Waals surface area contributed by atoms with Crippen LogP contribution >= 0.6 is 23.2 Å². The Balaban J connectivity index is 2.73. The fourth-order valence-corrected chi connectivity index (χ4v) is 1.99. The maximum absolute atomic E-state index is 11.7. The van der Waals surface area contributed by atoms with Crippen LogP contribution in [0.15, 0.2) is 12.2 Å². The molecular formula is C14H20Cl2O4. The second-order valence-corrected chi connectivity index (χ2v) is 6.13. The van der Waals surface area contributed by atoms with Crippen molar-refractivity contribution in [3.63, 3.8) is 0 Å². The number of halogens is 2. The third-order valence-corrected chi connectivity index (χ3v) is 3.36. The van der Waals surface area contributed by atoms with Crippen molar-refractivity contribution in [1.82, 2.24) is 0 Å². The summed E-state index contributed by atoms with van der Waals surface area (Å²) in [4.78, 5) is 22.0. The first kappa shape index (κ1) is 17.3. The quantitative estimate of drug-likeness (QED) is 0.452. The Morgan fingerprint density at radius 3 is 1.85 bits per heavy atom. The predicted molar refractivity (Wildman–Crippen MR) is 77.7 cm³/mol. The van der Waals surface area contributed by atoms with Crippen molar-refractivity contribution < 1.29 is 19.1 Å². The van der Waals surface area contributed by atoms with Crippen LogP contribution in [0.3, 0.4) is 0 Å². The van der Waals surface area contributed by atoms with Crippen LogP contribution in [0.2, 0.25) is 0 Å². The smallest absolute Gasteiger partial charge is 0.339 e. The molecule has 1 aliphatic rings. The van der Waals surface area contributed by atoms with E-state index in [9.17, 15) is 9.59 Å². The Hall–Kier alpha value is -0.740. The molecular weight excluding hydrogens is 303 g/mol. The number of esters is 2. The lowest BCUT2D eigenvalue weighted by Crippen LogP contribution is -2.37. The lowest BCUT2D eigenvalue weighted by Gasteiger charge is -2.28. The molecule has 0 radical (unpaired) electrons. The first-order chi connectivity index (χ1) is 9.41. The molecule has 0 bridgehead atoms. The lowest BCUT2D eigenvalue weighted by molar-refractivity contribution is -0.170. The number of hydrogen-bond donors (Lipinski definition) is 0. The molecule has 4 nitrogen and oxygen atoms in total. The summed E-state index contributed by atoms with van der Waals surface area (Å²) in [5, 5.41) is 0. The van der Waals surface area contributed by atoms with E-state index in [1.165, 1.54) is 0 Å². The van der Waals surface area contributed by atoms with E-state index in [4.69, 9.17) is 32.7 Å². The van der Waals surface area contributed by atoms with Crippen molar-refractivity contribution in [1.29, 1.82) is 0 Å². The molecule has 0 aromatic carbocycles. The van der Waals surface area contributed by atoms with Crippen LogP contribution < -0.4 is 0 Å². The molecule has 0 aromatic rings. The summed E-state index contributed by atoms with van der Waals surface area (Å²) in [7, 11) is 0. The van der Waals surface area contributed by atoms with Crippen molar-refractivity contribution in [2.24, 2.45) is 5.92 Å². The van der Waals surface area contributed by atoms with Crippen LogP contribution in [0.5, 0.6) is 0 Å². The molecule has 0 amide bonds. The van der Waals surface area contributed by atoms with Crippen molar-refractivity contribution >= 4 is 35.1 Å². The molecule has 0 aromatic heterocycles. The zero-order valence-electron chi connectivity index (χ0n) is 11.7. The third-order valence-electron chi connectivity index (χ3n) is 3.00. The number of carbonyl (C=O) groups excluding carboxylic acids is 2. The predicted octanol–water partition coefficient (Wildman–Crippen LogP) is 3.40.